The molecule has 0 unspecified atom stereocenters. The van der Waals surface area contributed by atoms with Crippen LogP contribution in [0, 0.1) is 11.3 Å². The first kappa shape index (κ1) is 14.3. The summed E-state index contributed by atoms with van der Waals surface area (Å²) < 4.78 is 5.39. The highest BCUT2D eigenvalue weighted by molar-refractivity contribution is 6.16. The molecule has 0 saturated carbocycles. The minimum Gasteiger partial charge on any atom is -0.497 e. The number of methoxy groups -OCH3 is 1. The smallest absolute Gasteiger partial charge is 0.119 e. The van der Waals surface area contributed by atoms with Crippen LogP contribution in [0.2, 0.25) is 0 Å². The quantitative estimate of drug-likeness (QED) is 0.455. The fraction of sp³-hybridized carbons (Fsp3) is 0.0455. The van der Waals surface area contributed by atoms with E-state index in [1.165, 1.54) is 0 Å². The van der Waals surface area contributed by atoms with Crippen molar-refractivity contribution in [1.29, 1.82) is 5.26 Å². The van der Waals surface area contributed by atoms with Gasteiger partial charge in [0, 0.05) is 10.8 Å². The fourth-order valence-electron chi connectivity index (χ4n) is 3.34. The number of hydrogen-bond acceptors (Lipinski definition) is 2. The van der Waals surface area contributed by atoms with Crippen molar-refractivity contribution in [1.82, 2.24) is 0 Å². The van der Waals surface area contributed by atoms with Crippen LogP contribution in [0.1, 0.15) is 5.56 Å². The van der Waals surface area contributed by atoms with E-state index in [2.05, 4.69) is 24.3 Å². The lowest BCUT2D eigenvalue weighted by Crippen LogP contribution is -1.91. The van der Waals surface area contributed by atoms with Gasteiger partial charge in [-0.1, -0.05) is 60.7 Å². The summed E-state index contributed by atoms with van der Waals surface area (Å²) in [5.74, 6) is 0.824. The van der Waals surface area contributed by atoms with Crippen molar-refractivity contribution in [3.8, 4) is 22.9 Å². The lowest BCUT2D eigenvalue weighted by Gasteiger charge is -2.14. The topological polar surface area (TPSA) is 33.0 Å². The molecule has 0 fully saturated rings. The van der Waals surface area contributed by atoms with Crippen molar-refractivity contribution in [2.75, 3.05) is 7.11 Å². The zero-order valence-corrected chi connectivity index (χ0v) is 13.3. The lowest BCUT2D eigenvalue weighted by atomic mass is 9.89. The Morgan fingerprint density at radius 3 is 1.88 bits per heavy atom. The summed E-state index contributed by atoms with van der Waals surface area (Å²) >= 11 is 0. The Bertz CT molecular complexity index is 1050. The molecular formula is C22H15NO. The summed E-state index contributed by atoms with van der Waals surface area (Å²) in [6, 6.07) is 26.6. The van der Waals surface area contributed by atoms with Crippen LogP contribution in [0.5, 0.6) is 5.75 Å². The minimum atomic E-state index is 0.729. The van der Waals surface area contributed by atoms with Gasteiger partial charge < -0.3 is 4.74 Å². The average molecular weight is 309 g/mol. The van der Waals surface area contributed by atoms with Crippen LogP contribution in [-0.2, 0) is 0 Å². The molecule has 2 nitrogen and oxygen atoms in total. The van der Waals surface area contributed by atoms with Crippen molar-refractivity contribution in [2.45, 2.75) is 0 Å². The second-order valence-electron chi connectivity index (χ2n) is 5.68. The molecular weight excluding hydrogens is 294 g/mol. The number of hydrogen-bond donors (Lipinski definition) is 0. The van der Waals surface area contributed by atoms with E-state index in [1.54, 1.807) is 7.11 Å². The monoisotopic (exact) mass is 309 g/mol. The van der Waals surface area contributed by atoms with Gasteiger partial charge in [0.2, 0.25) is 0 Å². The highest BCUT2D eigenvalue weighted by Gasteiger charge is 2.14. The number of fused-ring (bicyclic) bond motifs is 2. The Morgan fingerprint density at radius 2 is 1.33 bits per heavy atom. The minimum absolute atomic E-state index is 0.729. The van der Waals surface area contributed by atoms with Crippen LogP contribution in [0.25, 0.3) is 32.7 Å². The van der Waals surface area contributed by atoms with Crippen LogP contribution < -0.4 is 4.74 Å². The molecule has 0 bridgehead atoms. The van der Waals surface area contributed by atoms with E-state index in [-0.39, 0.29) is 0 Å². The molecule has 114 valence electrons. The number of rotatable bonds is 2. The predicted octanol–water partition coefficient (Wildman–Crippen LogP) is 5.54. The SMILES string of the molecule is COc1cccc(-c2c3ccccc3c(C#N)c3ccccc23)c1. The zero-order valence-electron chi connectivity index (χ0n) is 13.3. The first-order valence-corrected chi connectivity index (χ1v) is 7.81. The van der Waals surface area contributed by atoms with Gasteiger partial charge in [-0.25, -0.2) is 0 Å². The third-order valence-electron chi connectivity index (χ3n) is 4.40. The molecule has 0 N–H and O–H groups in total. The number of nitrogens with zero attached hydrogens (tertiary/aromatic N) is 1. The van der Waals surface area contributed by atoms with E-state index in [4.69, 9.17) is 4.74 Å². The molecule has 0 saturated heterocycles. The van der Waals surface area contributed by atoms with Gasteiger partial charge in [0.25, 0.3) is 0 Å². The predicted molar refractivity (Wildman–Crippen MR) is 98.2 cm³/mol. The maximum atomic E-state index is 9.71. The van der Waals surface area contributed by atoms with Crippen LogP contribution in [0.4, 0.5) is 0 Å². The number of ether oxygens (including phenoxy) is 1. The van der Waals surface area contributed by atoms with Gasteiger partial charge in [-0.2, -0.15) is 5.26 Å². The highest BCUT2D eigenvalue weighted by Crippen LogP contribution is 2.39. The Labute approximate surface area is 140 Å². The van der Waals surface area contributed by atoms with Gasteiger partial charge in [-0.15, -0.1) is 0 Å². The van der Waals surface area contributed by atoms with Crippen molar-refractivity contribution >= 4 is 21.5 Å². The molecule has 4 rings (SSSR count). The molecule has 0 heterocycles. The average Bonchev–Trinajstić information content (AvgIpc) is 2.66. The second-order valence-corrected chi connectivity index (χ2v) is 5.68. The fourth-order valence-corrected chi connectivity index (χ4v) is 3.34. The Balaban J connectivity index is 2.23. The van der Waals surface area contributed by atoms with E-state index < -0.39 is 0 Å². The molecule has 24 heavy (non-hydrogen) atoms. The molecule has 0 aliphatic rings. The Kier molecular flexibility index (Phi) is 3.40. The van der Waals surface area contributed by atoms with E-state index in [1.807, 2.05) is 54.6 Å². The molecule has 0 aliphatic heterocycles. The largest absolute Gasteiger partial charge is 0.497 e. The molecule has 0 atom stereocenters. The van der Waals surface area contributed by atoms with Gasteiger partial charge in [-0.3, -0.25) is 0 Å². The summed E-state index contributed by atoms with van der Waals surface area (Å²) in [6.07, 6.45) is 0. The van der Waals surface area contributed by atoms with E-state index in [9.17, 15) is 5.26 Å². The normalized spacial score (nSPS) is 10.7. The molecule has 4 aromatic carbocycles. The standard InChI is InChI=1S/C22H15NO/c1-24-16-8-6-7-15(13-16)22-19-11-4-2-9-17(19)21(14-23)18-10-3-5-12-20(18)22/h2-13H,1H3. The summed E-state index contributed by atoms with van der Waals surface area (Å²) in [5, 5.41) is 13.8. The maximum absolute atomic E-state index is 9.71. The Morgan fingerprint density at radius 1 is 0.750 bits per heavy atom. The first-order valence-electron chi connectivity index (χ1n) is 7.81. The van der Waals surface area contributed by atoms with Crippen LogP contribution in [0.15, 0.2) is 72.8 Å². The third-order valence-corrected chi connectivity index (χ3v) is 4.40. The van der Waals surface area contributed by atoms with Crippen LogP contribution in [-0.4, -0.2) is 7.11 Å². The third kappa shape index (κ3) is 2.11. The van der Waals surface area contributed by atoms with E-state index in [0.29, 0.717) is 0 Å². The molecule has 0 radical (unpaired) electrons. The molecule has 2 heteroatoms. The second kappa shape index (κ2) is 5.72. The summed E-state index contributed by atoms with van der Waals surface area (Å²) in [5.41, 5.74) is 2.96. The van der Waals surface area contributed by atoms with Crippen molar-refractivity contribution in [3.05, 3.63) is 78.4 Å². The van der Waals surface area contributed by atoms with Crippen molar-refractivity contribution in [2.24, 2.45) is 0 Å². The van der Waals surface area contributed by atoms with Gasteiger partial charge in [-0.05, 0) is 34.0 Å². The van der Waals surface area contributed by atoms with E-state index in [0.717, 1.165) is 44.0 Å². The van der Waals surface area contributed by atoms with Gasteiger partial charge in [0.15, 0.2) is 0 Å². The maximum Gasteiger partial charge on any atom is 0.119 e. The zero-order chi connectivity index (χ0) is 16.5. The van der Waals surface area contributed by atoms with Crippen molar-refractivity contribution < 1.29 is 4.74 Å². The van der Waals surface area contributed by atoms with Crippen LogP contribution >= 0.6 is 0 Å². The van der Waals surface area contributed by atoms with Gasteiger partial charge >= 0.3 is 0 Å². The summed E-state index contributed by atoms with van der Waals surface area (Å²) in [4.78, 5) is 0. The van der Waals surface area contributed by atoms with E-state index >= 15 is 0 Å². The van der Waals surface area contributed by atoms with Gasteiger partial charge in [0.1, 0.15) is 11.8 Å². The van der Waals surface area contributed by atoms with Crippen molar-refractivity contribution in [3.63, 3.8) is 0 Å². The summed E-state index contributed by atoms with van der Waals surface area (Å²) in [7, 11) is 1.67. The molecule has 0 amide bonds. The Hall–Kier alpha value is -3.31. The number of nitriles is 1. The molecule has 0 spiro atoms. The number of benzene rings is 4. The van der Waals surface area contributed by atoms with Crippen LogP contribution in [0.3, 0.4) is 0 Å². The molecule has 4 aromatic rings. The lowest BCUT2D eigenvalue weighted by molar-refractivity contribution is 0.415. The summed E-state index contributed by atoms with van der Waals surface area (Å²) in [6.45, 7) is 0. The van der Waals surface area contributed by atoms with Gasteiger partial charge in [0.05, 0.1) is 12.7 Å². The molecule has 0 aromatic heterocycles. The first-order chi connectivity index (χ1) is 11.8. The highest BCUT2D eigenvalue weighted by atomic mass is 16.5. The molecule has 0 aliphatic carbocycles.